The minimum atomic E-state index is -0.435. The van der Waals surface area contributed by atoms with E-state index in [0.29, 0.717) is 43.4 Å². The molecular weight excluding hydrogens is 412 g/mol. The van der Waals surface area contributed by atoms with Crippen LogP contribution in [-0.2, 0) is 22.6 Å². The average molecular weight is 440 g/mol. The summed E-state index contributed by atoms with van der Waals surface area (Å²) in [6.45, 7) is 1.54. The number of carbonyl (C=O) groups is 2. The van der Waals surface area contributed by atoms with E-state index in [1.54, 1.807) is 31.9 Å². The van der Waals surface area contributed by atoms with Gasteiger partial charge in [0.2, 0.25) is 11.8 Å². The van der Waals surface area contributed by atoms with E-state index in [4.69, 9.17) is 19.4 Å². The number of nitrogens with zero attached hydrogens (tertiary/aromatic N) is 1. The van der Waals surface area contributed by atoms with Crippen LogP contribution in [0.1, 0.15) is 29.5 Å². The van der Waals surface area contributed by atoms with Crippen LogP contribution < -0.4 is 19.7 Å². The molecule has 0 spiro atoms. The summed E-state index contributed by atoms with van der Waals surface area (Å²) in [4.78, 5) is 25.5. The fourth-order valence-electron chi connectivity index (χ4n) is 3.50. The molecule has 0 saturated carbocycles. The van der Waals surface area contributed by atoms with Crippen LogP contribution in [0.25, 0.3) is 6.08 Å². The molecule has 1 aliphatic rings. The van der Waals surface area contributed by atoms with Crippen LogP contribution in [0.4, 0.5) is 0 Å². The second kappa shape index (κ2) is 11.2. The van der Waals surface area contributed by atoms with Gasteiger partial charge in [0.05, 0.1) is 20.8 Å². The van der Waals surface area contributed by atoms with E-state index in [-0.39, 0.29) is 12.3 Å². The van der Waals surface area contributed by atoms with Crippen LogP contribution in [0.15, 0.2) is 42.5 Å². The van der Waals surface area contributed by atoms with Gasteiger partial charge in [-0.25, -0.2) is 5.48 Å². The van der Waals surface area contributed by atoms with Crippen LogP contribution in [-0.4, -0.2) is 49.3 Å². The molecule has 0 aliphatic carbocycles. The fraction of sp³-hybridized carbons (Fsp3) is 0.333. The van der Waals surface area contributed by atoms with Crippen molar-refractivity contribution in [2.24, 2.45) is 0 Å². The summed E-state index contributed by atoms with van der Waals surface area (Å²) in [5, 5.41) is 8.46. The van der Waals surface area contributed by atoms with Crippen molar-refractivity contribution >= 4 is 17.9 Å². The van der Waals surface area contributed by atoms with E-state index in [0.717, 1.165) is 17.5 Å². The number of hydrogen-bond acceptors (Lipinski definition) is 6. The predicted molar refractivity (Wildman–Crippen MR) is 119 cm³/mol. The molecule has 3 rings (SSSR count). The highest BCUT2D eigenvalue weighted by Crippen LogP contribution is 2.33. The number of rotatable bonds is 9. The van der Waals surface area contributed by atoms with Crippen molar-refractivity contribution in [1.29, 1.82) is 0 Å². The molecule has 2 aromatic carbocycles. The second-order valence-electron chi connectivity index (χ2n) is 7.38. The molecule has 170 valence electrons. The summed E-state index contributed by atoms with van der Waals surface area (Å²) in [5.74, 6) is 1.56. The van der Waals surface area contributed by atoms with Gasteiger partial charge in [-0.2, -0.15) is 0 Å². The molecule has 2 amide bonds. The third-order valence-corrected chi connectivity index (χ3v) is 5.27. The van der Waals surface area contributed by atoms with E-state index in [1.807, 2.05) is 41.3 Å². The van der Waals surface area contributed by atoms with Crippen LogP contribution in [0, 0.1) is 0 Å². The van der Waals surface area contributed by atoms with Gasteiger partial charge < -0.3 is 19.1 Å². The lowest BCUT2D eigenvalue weighted by Gasteiger charge is -2.28. The first-order chi connectivity index (χ1) is 15.5. The van der Waals surface area contributed by atoms with Crippen molar-refractivity contribution in [3.63, 3.8) is 0 Å². The maximum Gasteiger partial charge on any atom is 0.246 e. The smallest absolute Gasteiger partial charge is 0.246 e. The molecule has 1 heterocycles. The van der Waals surface area contributed by atoms with Gasteiger partial charge in [0.25, 0.3) is 0 Å². The largest absolute Gasteiger partial charge is 0.494 e. The minimum Gasteiger partial charge on any atom is -0.494 e. The van der Waals surface area contributed by atoms with Gasteiger partial charge in [-0.05, 0) is 59.9 Å². The van der Waals surface area contributed by atoms with Gasteiger partial charge in [0, 0.05) is 25.6 Å². The third kappa shape index (κ3) is 6.01. The van der Waals surface area contributed by atoms with Crippen LogP contribution in [0.5, 0.6) is 17.2 Å². The van der Waals surface area contributed by atoms with Gasteiger partial charge in [-0.1, -0.05) is 12.1 Å². The molecule has 32 heavy (non-hydrogen) atoms. The summed E-state index contributed by atoms with van der Waals surface area (Å²) < 4.78 is 16.3. The van der Waals surface area contributed by atoms with Gasteiger partial charge in [0.15, 0.2) is 11.5 Å². The van der Waals surface area contributed by atoms with Gasteiger partial charge in [-0.3, -0.25) is 14.8 Å². The molecule has 8 nitrogen and oxygen atoms in total. The van der Waals surface area contributed by atoms with Crippen molar-refractivity contribution in [3.05, 3.63) is 59.2 Å². The Morgan fingerprint density at radius 2 is 1.78 bits per heavy atom. The minimum absolute atomic E-state index is 0.0482. The number of benzene rings is 2. The number of methoxy groups -OCH3 is 2. The molecule has 0 saturated heterocycles. The van der Waals surface area contributed by atoms with Crippen molar-refractivity contribution in [1.82, 2.24) is 10.4 Å². The quantitative estimate of drug-likeness (QED) is 0.269. The highest BCUT2D eigenvalue weighted by Gasteiger charge is 2.21. The molecule has 2 N–H and O–H groups in total. The molecule has 8 heteroatoms. The Morgan fingerprint density at radius 3 is 2.44 bits per heavy atom. The number of fused-ring (bicyclic) bond motifs is 1. The lowest BCUT2D eigenvalue weighted by molar-refractivity contribution is -0.129. The highest BCUT2D eigenvalue weighted by atomic mass is 16.5. The first kappa shape index (κ1) is 23.1. The number of hydrogen-bond donors (Lipinski definition) is 2. The zero-order valence-electron chi connectivity index (χ0n) is 18.3. The van der Waals surface area contributed by atoms with Gasteiger partial charge in [-0.15, -0.1) is 0 Å². The lowest BCUT2D eigenvalue weighted by Crippen LogP contribution is -2.34. The van der Waals surface area contributed by atoms with Gasteiger partial charge in [0.1, 0.15) is 5.75 Å². The normalized spacial score (nSPS) is 12.9. The van der Waals surface area contributed by atoms with Crippen molar-refractivity contribution < 1.29 is 29.0 Å². The Balaban J connectivity index is 1.53. The number of hydroxylamine groups is 1. The SMILES string of the molecule is COc1cc2c(cc1OC)CN(C(=O)C=Cc1ccc(OCCCC(=O)NO)cc1)CC2. The van der Waals surface area contributed by atoms with E-state index < -0.39 is 5.91 Å². The molecule has 0 unspecified atom stereocenters. The summed E-state index contributed by atoms with van der Waals surface area (Å²) in [6, 6.07) is 11.3. The summed E-state index contributed by atoms with van der Waals surface area (Å²) in [5.41, 5.74) is 4.71. The first-order valence-corrected chi connectivity index (χ1v) is 10.4. The van der Waals surface area contributed by atoms with Crippen LogP contribution >= 0.6 is 0 Å². The predicted octanol–water partition coefficient (Wildman–Crippen LogP) is 2.97. The molecular formula is C24H28N2O6. The van der Waals surface area contributed by atoms with Crippen molar-refractivity contribution in [3.8, 4) is 17.2 Å². The molecule has 0 aromatic heterocycles. The topological polar surface area (TPSA) is 97.3 Å². The van der Waals surface area contributed by atoms with Crippen molar-refractivity contribution in [2.45, 2.75) is 25.8 Å². The van der Waals surface area contributed by atoms with E-state index in [9.17, 15) is 9.59 Å². The Labute approximate surface area is 187 Å². The van der Waals surface area contributed by atoms with E-state index >= 15 is 0 Å². The fourth-order valence-corrected chi connectivity index (χ4v) is 3.50. The molecule has 2 aromatic rings. The lowest BCUT2D eigenvalue weighted by atomic mass is 9.98. The summed E-state index contributed by atoms with van der Waals surface area (Å²) >= 11 is 0. The molecule has 1 aliphatic heterocycles. The zero-order chi connectivity index (χ0) is 22.9. The number of carbonyl (C=O) groups excluding carboxylic acids is 2. The Kier molecular flexibility index (Phi) is 8.10. The van der Waals surface area contributed by atoms with E-state index in [1.165, 1.54) is 5.56 Å². The van der Waals surface area contributed by atoms with Gasteiger partial charge >= 0.3 is 0 Å². The van der Waals surface area contributed by atoms with Crippen LogP contribution in [0.3, 0.4) is 0 Å². The number of amides is 2. The average Bonchev–Trinajstić information content (AvgIpc) is 2.84. The Morgan fingerprint density at radius 1 is 1.09 bits per heavy atom. The molecule has 0 fully saturated rings. The second-order valence-corrected chi connectivity index (χ2v) is 7.38. The molecule has 0 atom stereocenters. The zero-order valence-corrected chi connectivity index (χ0v) is 18.3. The first-order valence-electron chi connectivity index (χ1n) is 10.4. The van der Waals surface area contributed by atoms with E-state index in [2.05, 4.69) is 0 Å². The summed E-state index contributed by atoms with van der Waals surface area (Å²) in [7, 11) is 3.22. The monoisotopic (exact) mass is 440 g/mol. The standard InChI is InChI=1S/C24H28N2O6/c1-30-21-14-18-11-12-26(16-19(18)15-22(21)31-2)24(28)10-7-17-5-8-20(9-6-17)32-13-3-4-23(27)25-29/h5-10,14-15,29H,3-4,11-13,16H2,1-2H3,(H,25,27). The summed E-state index contributed by atoms with van der Waals surface area (Å²) in [6.07, 6.45) is 4.82. The Bertz CT molecular complexity index is 971. The highest BCUT2D eigenvalue weighted by molar-refractivity contribution is 5.92. The third-order valence-electron chi connectivity index (χ3n) is 5.27. The molecule has 0 radical (unpaired) electrons. The van der Waals surface area contributed by atoms with Crippen molar-refractivity contribution in [2.75, 3.05) is 27.4 Å². The van der Waals surface area contributed by atoms with Crippen LogP contribution in [0.2, 0.25) is 0 Å². The number of ether oxygens (including phenoxy) is 3. The Hall–Kier alpha value is -3.52. The number of nitrogens with one attached hydrogen (secondary N) is 1. The molecule has 0 bridgehead atoms. The maximum atomic E-state index is 12.7. The maximum absolute atomic E-state index is 12.7.